The normalized spacial score (nSPS) is 11.2. The van der Waals surface area contributed by atoms with Gasteiger partial charge in [-0.15, -0.1) is 0 Å². The van der Waals surface area contributed by atoms with E-state index in [1.165, 1.54) is 0 Å². The monoisotopic (exact) mass is 174 g/mol. The van der Waals surface area contributed by atoms with Crippen LogP contribution < -0.4 is 11.1 Å². The minimum Gasteiger partial charge on any atom is -0.366 e. The van der Waals surface area contributed by atoms with Gasteiger partial charge in [-0.3, -0.25) is 10.1 Å². The summed E-state index contributed by atoms with van der Waals surface area (Å²) in [6.45, 7) is 7.63. The van der Waals surface area contributed by atoms with Crippen LogP contribution in [0.5, 0.6) is 0 Å². The third-order valence-electron chi connectivity index (χ3n) is 1.08. The summed E-state index contributed by atoms with van der Waals surface area (Å²) in [5, 5.41) is 2.97. The molecule has 0 aliphatic heterocycles. The molecule has 11 heavy (non-hydrogen) atoms. The third-order valence-corrected chi connectivity index (χ3v) is 1.24. The van der Waals surface area contributed by atoms with Crippen LogP contribution in [0.3, 0.4) is 0 Å². The van der Waals surface area contributed by atoms with Crippen LogP contribution in [0.2, 0.25) is 0 Å². The van der Waals surface area contributed by atoms with Gasteiger partial charge in [0.05, 0.1) is 4.87 Å². The molecule has 0 aromatic carbocycles. The summed E-state index contributed by atoms with van der Waals surface area (Å²) in [6.07, 6.45) is 0. The molecule has 0 heterocycles. The highest BCUT2D eigenvalue weighted by Crippen LogP contribution is 2.06. The van der Waals surface area contributed by atoms with Crippen molar-refractivity contribution in [1.82, 2.24) is 5.32 Å². The van der Waals surface area contributed by atoms with E-state index in [4.69, 9.17) is 5.73 Å². The zero-order chi connectivity index (χ0) is 9.07. The van der Waals surface area contributed by atoms with Crippen molar-refractivity contribution in [2.24, 2.45) is 5.73 Å². The summed E-state index contributed by atoms with van der Waals surface area (Å²) >= 11 is 4.19. The number of primary amides is 1. The van der Waals surface area contributed by atoms with Crippen molar-refractivity contribution in [2.45, 2.75) is 18.7 Å². The van der Waals surface area contributed by atoms with Crippen molar-refractivity contribution >= 4 is 18.5 Å². The lowest BCUT2D eigenvalue weighted by molar-refractivity contribution is -0.114. The molecule has 0 saturated carbocycles. The Balaban J connectivity index is 3.73. The highest BCUT2D eigenvalue weighted by atomic mass is 32.1. The molecule has 0 aromatic rings. The molecule has 0 atom stereocenters. The maximum absolute atomic E-state index is 10.5. The molecule has 0 fully saturated rings. The lowest BCUT2D eigenvalue weighted by Gasteiger charge is -2.19. The lowest BCUT2D eigenvalue weighted by atomic mass is 10.2. The summed E-state index contributed by atoms with van der Waals surface area (Å²) in [7, 11) is 0. The van der Waals surface area contributed by atoms with Crippen molar-refractivity contribution in [1.29, 1.82) is 0 Å². The Labute approximate surface area is 72.4 Å². The Morgan fingerprint density at radius 2 is 2.18 bits per heavy atom. The smallest absolute Gasteiger partial charge is 0.245 e. The Hall–Kier alpha value is -0.480. The van der Waals surface area contributed by atoms with E-state index in [-0.39, 0.29) is 4.87 Å². The fraction of sp³-hybridized carbons (Fsp3) is 0.571. The Morgan fingerprint density at radius 1 is 1.73 bits per heavy atom. The number of hydrogen-bond acceptors (Lipinski definition) is 3. The number of carbonyl (C=O) groups is 1. The predicted molar refractivity (Wildman–Crippen MR) is 49.4 cm³/mol. The average Bonchev–Trinajstić information content (AvgIpc) is 1.80. The van der Waals surface area contributed by atoms with Crippen LogP contribution in [-0.4, -0.2) is 17.3 Å². The van der Waals surface area contributed by atoms with Gasteiger partial charge in [0.2, 0.25) is 5.91 Å². The van der Waals surface area contributed by atoms with Crippen LogP contribution in [-0.2, 0) is 4.79 Å². The molecule has 3 N–H and O–H groups in total. The molecular weight excluding hydrogens is 160 g/mol. The molecule has 0 saturated heterocycles. The third kappa shape index (κ3) is 5.94. The van der Waals surface area contributed by atoms with E-state index in [9.17, 15) is 4.79 Å². The zero-order valence-corrected chi connectivity index (χ0v) is 7.74. The molecule has 4 heteroatoms. The van der Waals surface area contributed by atoms with Crippen molar-refractivity contribution < 1.29 is 4.79 Å². The number of rotatable bonds is 4. The molecular formula is C7H14N2OS. The molecule has 0 radical (unpaired) electrons. The second kappa shape index (κ2) is 3.78. The van der Waals surface area contributed by atoms with Gasteiger partial charge in [0.25, 0.3) is 0 Å². The van der Waals surface area contributed by atoms with Crippen molar-refractivity contribution in [3.8, 4) is 0 Å². The highest BCUT2D eigenvalue weighted by molar-refractivity contribution is 7.81. The first-order valence-electron chi connectivity index (χ1n) is 3.28. The molecule has 64 valence electrons. The topological polar surface area (TPSA) is 55.1 Å². The summed E-state index contributed by atoms with van der Waals surface area (Å²) < 4.78 is 0. The van der Waals surface area contributed by atoms with E-state index in [1.54, 1.807) is 0 Å². The number of thiol groups is 1. The van der Waals surface area contributed by atoms with Crippen LogP contribution in [0.4, 0.5) is 0 Å². The Bertz CT molecular complexity index is 172. The van der Waals surface area contributed by atoms with Gasteiger partial charge in [-0.05, 0) is 13.8 Å². The van der Waals surface area contributed by atoms with Gasteiger partial charge in [0, 0.05) is 12.1 Å². The second-order valence-corrected chi connectivity index (χ2v) is 4.00. The van der Waals surface area contributed by atoms with Crippen LogP contribution in [0, 0.1) is 0 Å². The van der Waals surface area contributed by atoms with E-state index >= 15 is 0 Å². The van der Waals surface area contributed by atoms with Gasteiger partial charge >= 0.3 is 0 Å². The minimum absolute atomic E-state index is 0.307. The molecule has 0 bridgehead atoms. The summed E-state index contributed by atoms with van der Waals surface area (Å²) in [5.41, 5.74) is 5.33. The highest BCUT2D eigenvalue weighted by Gasteiger charge is 2.11. The first-order chi connectivity index (χ1) is 4.83. The summed E-state index contributed by atoms with van der Waals surface area (Å²) in [4.78, 5) is 10.2. The van der Waals surface area contributed by atoms with Crippen LogP contribution in [0.15, 0.2) is 12.2 Å². The molecule has 1 amide bonds. The van der Waals surface area contributed by atoms with Gasteiger partial charge in [-0.1, -0.05) is 6.58 Å². The summed E-state index contributed by atoms with van der Waals surface area (Å²) in [6, 6.07) is 0. The first kappa shape index (κ1) is 10.5. The average molecular weight is 174 g/mol. The minimum atomic E-state index is -0.477. The fourth-order valence-corrected chi connectivity index (χ4v) is 0.489. The zero-order valence-electron chi connectivity index (χ0n) is 6.85. The maximum atomic E-state index is 10.5. The Kier molecular flexibility index (Phi) is 3.62. The van der Waals surface area contributed by atoms with Crippen molar-refractivity contribution in [3.63, 3.8) is 0 Å². The fourth-order valence-electron chi connectivity index (χ4n) is 0.410. The quantitative estimate of drug-likeness (QED) is 0.326. The molecule has 0 aliphatic carbocycles. The van der Waals surface area contributed by atoms with E-state index < -0.39 is 5.91 Å². The van der Waals surface area contributed by atoms with E-state index in [0.29, 0.717) is 12.1 Å². The number of hydrogen-bond donors (Lipinski definition) is 3. The van der Waals surface area contributed by atoms with Crippen molar-refractivity contribution in [3.05, 3.63) is 12.2 Å². The molecule has 0 unspecified atom stereocenters. The van der Waals surface area contributed by atoms with Gasteiger partial charge in [-0.2, -0.15) is 12.6 Å². The molecule has 0 aromatic heterocycles. The lowest BCUT2D eigenvalue weighted by Crippen LogP contribution is -2.36. The Morgan fingerprint density at radius 3 is 2.45 bits per heavy atom. The summed E-state index contributed by atoms with van der Waals surface area (Å²) in [5.74, 6) is -0.477. The molecule has 3 nitrogen and oxygen atoms in total. The van der Waals surface area contributed by atoms with Crippen molar-refractivity contribution in [2.75, 3.05) is 6.54 Å². The number of nitrogens with one attached hydrogen (secondary N) is 1. The van der Waals surface area contributed by atoms with Gasteiger partial charge in [0.1, 0.15) is 0 Å². The van der Waals surface area contributed by atoms with Crippen LogP contribution in [0.1, 0.15) is 13.8 Å². The predicted octanol–water partition coefficient (Wildman–Crippen LogP) is 0.283. The first-order valence-corrected chi connectivity index (χ1v) is 3.72. The van der Waals surface area contributed by atoms with Gasteiger partial charge in [0.15, 0.2) is 0 Å². The van der Waals surface area contributed by atoms with E-state index in [0.717, 1.165) is 0 Å². The number of carbonyl (C=O) groups excluding carboxylic acids is 1. The van der Waals surface area contributed by atoms with Gasteiger partial charge in [-0.25, -0.2) is 0 Å². The molecule has 0 rings (SSSR count). The van der Waals surface area contributed by atoms with Crippen LogP contribution >= 0.6 is 12.6 Å². The van der Waals surface area contributed by atoms with E-state index in [1.807, 2.05) is 13.8 Å². The largest absolute Gasteiger partial charge is 0.366 e. The number of nitrogens with two attached hydrogens (primary N) is 1. The standard InChI is InChI=1S/C7H14N2OS/c1-5(6(8)10)4-9-7(2,3)11/h9,11H,1,4H2,2-3H3,(H2,8,10). The molecule has 0 aliphatic rings. The second-order valence-electron chi connectivity index (χ2n) is 2.88. The van der Waals surface area contributed by atoms with E-state index in [2.05, 4.69) is 24.5 Å². The molecule has 0 spiro atoms. The maximum Gasteiger partial charge on any atom is 0.245 e. The number of amides is 1. The van der Waals surface area contributed by atoms with Gasteiger partial charge < -0.3 is 5.73 Å². The SMILES string of the molecule is C=C(CNC(C)(C)S)C(N)=O. The van der Waals surface area contributed by atoms with Crippen LogP contribution in [0.25, 0.3) is 0 Å².